The second-order valence-electron chi connectivity index (χ2n) is 3.61. The molecule has 0 radical (unpaired) electrons. The molecule has 3 nitrogen and oxygen atoms in total. The van der Waals surface area contributed by atoms with E-state index in [9.17, 15) is 8.42 Å². The molecule has 14 heavy (non-hydrogen) atoms. The molecule has 1 aliphatic rings. The summed E-state index contributed by atoms with van der Waals surface area (Å²) in [4.78, 5) is 0. The van der Waals surface area contributed by atoms with E-state index in [4.69, 9.17) is 0 Å². The molecule has 0 spiro atoms. The SMILES string of the molecule is O=S1(=O)CCC(Nc2ccccc2)C1. The molecule has 76 valence electrons. The minimum Gasteiger partial charge on any atom is -0.381 e. The van der Waals surface area contributed by atoms with Crippen molar-refractivity contribution in [2.24, 2.45) is 0 Å². The highest BCUT2D eigenvalue weighted by atomic mass is 32.2. The van der Waals surface area contributed by atoms with Gasteiger partial charge in [0.05, 0.1) is 11.5 Å². The number of benzene rings is 1. The van der Waals surface area contributed by atoms with Gasteiger partial charge in [-0.15, -0.1) is 0 Å². The number of hydrogen-bond acceptors (Lipinski definition) is 3. The minimum absolute atomic E-state index is 0.0856. The van der Waals surface area contributed by atoms with Gasteiger partial charge in [-0.05, 0) is 18.6 Å². The van der Waals surface area contributed by atoms with Gasteiger partial charge in [0.25, 0.3) is 0 Å². The molecule has 0 saturated carbocycles. The summed E-state index contributed by atoms with van der Waals surface area (Å²) >= 11 is 0. The molecule has 1 aromatic carbocycles. The molecule has 0 aromatic heterocycles. The van der Waals surface area contributed by atoms with Crippen molar-refractivity contribution < 1.29 is 8.42 Å². The van der Waals surface area contributed by atoms with Crippen molar-refractivity contribution in [3.05, 3.63) is 30.3 Å². The molecule has 1 aromatic rings. The summed E-state index contributed by atoms with van der Waals surface area (Å²) in [6, 6.07) is 9.80. The smallest absolute Gasteiger partial charge is 0.152 e. The summed E-state index contributed by atoms with van der Waals surface area (Å²) in [5, 5.41) is 3.22. The van der Waals surface area contributed by atoms with Crippen LogP contribution in [0.15, 0.2) is 30.3 Å². The monoisotopic (exact) mass is 211 g/mol. The van der Waals surface area contributed by atoms with Gasteiger partial charge in [-0.1, -0.05) is 18.2 Å². The minimum atomic E-state index is -2.78. The van der Waals surface area contributed by atoms with E-state index in [1.54, 1.807) is 0 Å². The molecule has 1 saturated heterocycles. The Morgan fingerprint density at radius 3 is 2.50 bits per heavy atom. The molecule has 1 aliphatic heterocycles. The van der Waals surface area contributed by atoms with E-state index in [-0.39, 0.29) is 11.8 Å². The van der Waals surface area contributed by atoms with Gasteiger partial charge >= 0.3 is 0 Å². The summed E-state index contributed by atoms with van der Waals surface area (Å²) < 4.78 is 22.4. The van der Waals surface area contributed by atoms with Crippen molar-refractivity contribution in [1.82, 2.24) is 0 Å². The van der Waals surface area contributed by atoms with Gasteiger partial charge in [0, 0.05) is 11.7 Å². The largest absolute Gasteiger partial charge is 0.381 e. The Bertz CT molecular complexity index is 399. The van der Waals surface area contributed by atoms with Gasteiger partial charge in [-0.2, -0.15) is 0 Å². The first-order valence-electron chi connectivity index (χ1n) is 4.68. The predicted octanol–water partition coefficient (Wildman–Crippen LogP) is 1.29. The summed E-state index contributed by atoms with van der Waals surface area (Å²) in [7, 11) is -2.78. The maximum absolute atomic E-state index is 11.2. The van der Waals surface area contributed by atoms with Crippen LogP contribution in [0.5, 0.6) is 0 Å². The lowest BCUT2D eigenvalue weighted by atomic mass is 10.2. The zero-order valence-corrected chi connectivity index (χ0v) is 8.63. The van der Waals surface area contributed by atoms with Crippen LogP contribution < -0.4 is 5.32 Å². The van der Waals surface area contributed by atoms with Crippen molar-refractivity contribution in [2.45, 2.75) is 12.5 Å². The first kappa shape index (κ1) is 9.52. The number of para-hydroxylation sites is 1. The molecule has 4 heteroatoms. The molecule has 1 unspecified atom stereocenters. The molecule has 2 rings (SSSR count). The fourth-order valence-corrected chi connectivity index (χ4v) is 3.35. The van der Waals surface area contributed by atoms with E-state index in [2.05, 4.69) is 5.32 Å². The average molecular weight is 211 g/mol. The summed E-state index contributed by atoms with van der Waals surface area (Å²) in [6.45, 7) is 0. The fourth-order valence-electron chi connectivity index (χ4n) is 1.68. The standard InChI is InChI=1S/C10H13NO2S/c12-14(13)7-6-10(8-14)11-9-4-2-1-3-5-9/h1-5,10-11H,6-8H2. The number of sulfone groups is 1. The highest BCUT2D eigenvalue weighted by Crippen LogP contribution is 2.16. The molecule has 0 aliphatic carbocycles. The zero-order chi connectivity index (χ0) is 10.0. The molecule has 0 bridgehead atoms. The van der Waals surface area contributed by atoms with Crippen LogP contribution in [0.4, 0.5) is 5.69 Å². The summed E-state index contributed by atoms with van der Waals surface area (Å²) in [5.74, 6) is 0.583. The molecule has 1 fully saturated rings. The van der Waals surface area contributed by atoms with Crippen LogP contribution in [0.3, 0.4) is 0 Å². The van der Waals surface area contributed by atoms with Crippen molar-refractivity contribution in [1.29, 1.82) is 0 Å². The Hall–Kier alpha value is -1.03. The van der Waals surface area contributed by atoms with Gasteiger partial charge in [0.2, 0.25) is 0 Å². The van der Waals surface area contributed by atoms with E-state index in [0.717, 1.165) is 12.1 Å². The first-order valence-corrected chi connectivity index (χ1v) is 6.50. The Balaban J connectivity index is 2.01. The molecule has 1 heterocycles. The van der Waals surface area contributed by atoms with Crippen LogP contribution in [0.2, 0.25) is 0 Å². The first-order chi connectivity index (χ1) is 6.66. The number of hydrogen-bond donors (Lipinski definition) is 1. The topological polar surface area (TPSA) is 46.2 Å². The normalized spacial score (nSPS) is 24.7. The summed E-state index contributed by atoms with van der Waals surface area (Å²) in [5.41, 5.74) is 0.995. The fraction of sp³-hybridized carbons (Fsp3) is 0.400. The van der Waals surface area contributed by atoms with Crippen molar-refractivity contribution in [2.75, 3.05) is 16.8 Å². The van der Waals surface area contributed by atoms with Crippen LogP contribution in [-0.2, 0) is 9.84 Å². The highest BCUT2D eigenvalue weighted by Gasteiger charge is 2.27. The maximum Gasteiger partial charge on any atom is 0.152 e. The van der Waals surface area contributed by atoms with Crippen LogP contribution in [0, 0.1) is 0 Å². The number of nitrogens with one attached hydrogen (secondary N) is 1. The van der Waals surface area contributed by atoms with Gasteiger partial charge in [0.1, 0.15) is 0 Å². The van der Waals surface area contributed by atoms with E-state index in [1.165, 1.54) is 0 Å². The second-order valence-corrected chi connectivity index (χ2v) is 5.84. The summed E-state index contributed by atoms with van der Waals surface area (Å²) in [6.07, 6.45) is 0.719. The zero-order valence-electron chi connectivity index (χ0n) is 7.81. The predicted molar refractivity (Wildman–Crippen MR) is 57.1 cm³/mol. The van der Waals surface area contributed by atoms with Crippen LogP contribution >= 0.6 is 0 Å². The van der Waals surface area contributed by atoms with E-state index < -0.39 is 9.84 Å². The molecular formula is C10H13NO2S. The van der Waals surface area contributed by atoms with Crippen LogP contribution in [0.25, 0.3) is 0 Å². The van der Waals surface area contributed by atoms with Crippen LogP contribution in [-0.4, -0.2) is 26.0 Å². The van der Waals surface area contributed by atoms with Crippen molar-refractivity contribution >= 4 is 15.5 Å². The number of rotatable bonds is 2. The average Bonchev–Trinajstić information content (AvgIpc) is 2.47. The van der Waals surface area contributed by atoms with Crippen molar-refractivity contribution in [3.63, 3.8) is 0 Å². The maximum atomic E-state index is 11.2. The van der Waals surface area contributed by atoms with E-state index >= 15 is 0 Å². The van der Waals surface area contributed by atoms with Gasteiger partial charge < -0.3 is 5.32 Å². The molecule has 1 N–H and O–H groups in total. The Kier molecular flexibility index (Phi) is 2.46. The number of anilines is 1. The van der Waals surface area contributed by atoms with Gasteiger partial charge in [0.15, 0.2) is 9.84 Å². The Morgan fingerprint density at radius 1 is 1.21 bits per heavy atom. The highest BCUT2D eigenvalue weighted by molar-refractivity contribution is 7.91. The lowest BCUT2D eigenvalue weighted by molar-refractivity contribution is 0.602. The second kappa shape index (κ2) is 3.61. The van der Waals surface area contributed by atoms with Crippen molar-refractivity contribution in [3.8, 4) is 0 Å². The molecule has 1 atom stereocenters. The lowest BCUT2D eigenvalue weighted by Crippen LogP contribution is -2.20. The Morgan fingerprint density at radius 2 is 1.93 bits per heavy atom. The molecular weight excluding hydrogens is 198 g/mol. The third-order valence-electron chi connectivity index (χ3n) is 2.38. The van der Waals surface area contributed by atoms with E-state index in [1.807, 2.05) is 30.3 Å². The Labute approximate surface area is 84.1 Å². The van der Waals surface area contributed by atoms with Gasteiger partial charge in [-0.3, -0.25) is 0 Å². The lowest BCUT2D eigenvalue weighted by Gasteiger charge is -2.11. The third-order valence-corrected chi connectivity index (χ3v) is 4.14. The van der Waals surface area contributed by atoms with Crippen LogP contribution in [0.1, 0.15) is 6.42 Å². The molecule has 0 amide bonds. The quantitative estimate of drug-likeness (QED) is 0.801. The third kappa shape index (κ3) is 2.26. The van der Waals surface area contributed by atoms with E-state index in [0.29, 0.717) is 5.75 Å². The van der Waals surface area contributed by atoms with Gasteiger partial charge in [-0.25, -0.2) is 8.42 Å².